The third kappa shape index (κ3) is 1.04. The molecule has 0 radical (unpaired) electrons. The Labute approximate surface area is 65.9 Å². The third-order valence-corrected chi connectivity index (χ3v) is 6.08. The van der Waals surface area contributed by atoms with E-state index in [9.17, 15) is 0 Å². The van der Waals surface area contributed by atoms with Crippen LogP contribution in [0, 0.1) is 0 Å². The minimum atomic E-state index is -0.691. The van der Waals surface area contributed by atoms with Gasteiger partial charge in [0.05, 0.1) is 0 Å². The molecule has 0 aromatic carbocycles. The first-order valence-electron chi connectivity index (χ1n) is 3.45. The Balaban J connectivity index is 2.34. The molecular formula is C9H9As. The molecule has 0 bridgehead atoms. The van der Waals surface area contributed by atoms with E-state index >= 15 is 0 Å². The van der Waals surface area contributed by atoms with Crippen molar-refractivity contribution in [3.8, 4) is 0 Å². The van der Waals surface area contributed by atoms with Crippen molar-refractivity contribution in [1.82, 2.24) is 0 Å². The third-order valence-electron chi connectivity index (χ3n) is 1.68. The summed E-state index contributed by atoms with van der Waals surface area (Å²) in [5.41, 5.74) is 0. The molecule has 2 aliphatic rings. The fraction of sp³-hybridized carbons (Fsp3) is 0.111. The molecule has 0 fully saturated rings. The van der Waals surface area contributed by atoms with Gasteiger partial charge in [0, 0.05) is 0 Å². The second kappa shape index (κ2) is 2.63. The van der Waals surface area contributed by atoms with Crippen molar-refractivity contribution in [2.24, 2.45) is 0 Å². The molecule has 1 heteroatoms. The molecule has 2 rings (SSSR count). The van der Waals surface area contributed by atoms with Crippen LogP contribution >= 0.6 is 0 Å². The first-order valence-corrected chi connectivity index (χ1v) is 6.80. The predicted octanol–water partition coefficient (Wildman–Crippen LogP) is 2.18. The molecule has 2 heterocycles. The second-order valence-corrected chi connectivity index (χ2v) is 6.82. The summed E-state index contributed by atoms with van der Waals surface area (Å²) in [6, 6.07) is 0. The zero-order chi connectivity index (χ0) is 6.81. The fourth-order valence-corrected chi connectivity index (χ4v) is 4.75. The van der Waals surface area contributed by atoms with Crippen LogP contribution in [0.4, 0.5) is 0 Å². The van der Waals surface area contributed by atoms with Crippen LogP contribution in [0.2, 0.25) is 5.21 Å². The summed E-state index contributed by atoms with van der Waals surface area (Å²) in [6.45, 7) is 0. The Morgan fingerprint density at radius 3 is 3.10 bits per heavy atom. The van der Waals surface area contributed by atoms with Gasteiger partial charge in [0.1, 0.15) is 0 Å². The molecule has 2 aliphatic heterocycles. The van der Waals surface area contributed by atoms with E-state index in [2.05, 4.69) is 41.3 Å². The van der Waals surface area contributed by atoms with Crippen molar-refractivity contribution in [2.75, 3.05) is 0 Å². The van der Waals surface area contributed by atoms with Gasteiger partial charge in [-0.1, -0.05) is 0 Å². The molecule has 0 saturated heterocycles. The van der Waals surface area contributed by atoms with Crippen LogP contribution in [0.15, 0.2) is 45.7 Å². The normalized spacial score (nSPS) is 28.0. The van der Waals surface area contributed by atoms with Crippen molar-refractivity contribution in [2.45, 2.75) is 5.21 Å². The van der Waals surface area contributed by atoms with Crippen LogP contribution in [0.1, 0.15) is 0 Å². The van der Waals surface area contributed by atoms with Gasteiger partial charge in [-0.25, -0.2) is 0 Å². The first-order chi connectivity index (χ1) is 4.97. The van der Waals surface area contributed by atoms with E-state index in [0.29, 0.717) is 0 Å². The molecule has 0 aromatic rings. The van der Waals surface area contributed by atoms with Crippen LogP contribution in [0.3, 0.4) is 0 Å². The molecule has 1 unspecified atom stereocenters. The molecule has 0 N–H and O–H groups in total. The predicted molar refractivity (Wildman–Crippen MR) is 46.1 cm³/mol. The maximum atomic E-state index is 2.41. The number of hydrogen-bond acceptors (Lipinski definition) is 0. The Hall–Kier alpha value is -0.482. The average molecular weight is 192 g/mol. The zero-order valence-corrected chi connectivity index (χ0v) is 7.57. The summed E-state index contributed by atoms with van der Waals surface area (Å²) in [6.07, 6.45) is 13.3. The van der Waals surface area contributed by atoms with Crippen molar-refractivity contribution in [3.63, 3.8) is 0 Å². The van der Waals surface area contributed by atoms with Gasteiger partial charge in [-0.2, -0.15) is 0 Å². The standard InChI is InChI=1S/C9H9As/c1-3-7-10-8-4-2-6-9(10)5-1/h1-7H,8H2. The van der Waals surface area contributed by atoms with E-state index < -0.39 is 14.7 Å². The second-order valence-electron chi connectivity index (χ2n) is 2.37. The van der Waals surface area contributed by atoms with E-state index in [1.165, 1.54) is 5.21 Å². The number of fused-ring (bicyclic) bond motifs is 1. The summed E-state index contributed by atoms with van der Waals surface area (Å²) in [7, 11) is 0. The maximum absolute atomic E-state index is 2.41. The van der Waals surface area contributed by atoms with Gasteiger partial charge in [-0.3, -0.25) is 0 Å². The molecule has 10 heavy (non-hydrogen) atoms. The van der Waals surface area contributed by atoms with Gasteiger partial charge in [0.15, 0.2) is 0 Å². The monoisotopic (exact) mass is 192 g/mol. The Morgan fingerprint density at radius 1 is 1.20 bits per heavy atom. The number of rotatable bonds is 0. The Morgan fingerprint density at radius 2 is 2.20 bits per heavy atom. The molecular weight excluding hydrogens is 183 g/mol. The summed E-state index contributed by atoms with van der Waals surface area (Å²) in [5, 5.41) is 1.32. The van der Waals surface area contributed by atoms with Gasteiger partial charge in [-0.15, -0.1) is 0 Å². The fourth-order valence-electron chi connectivity index (χ4n) is 1.15. The van der Waals surface area contributed by atoms with Crippen LogP contribution < -0.4 is 0 Å². The van der Waals surface area contributed by atoms with Crippen LogP contribution in [-0.4, -0.2) is 14.7 Å². The van der Waals surface area contributed by atoms with Crippen molar-refractivity contribution >= 4 is 14.7 Å². The van der Waals surface area contributed by atoms with E-state index in [1.54, 1.807) is 4.36 Å². The first kappa shape index (κ1) is 6.24. The van der Waals surface area contributed by atoms with Crippen molar-refractivity contribution in [1.29, 1.82) is 0 Å². The Kier molecular flexibility index (Phi) is 1.64. The van der Waals surface area contributed by atoms with Gasteiger partial charge in [0.25, 0.3) is 0 Å². The summed E-state index contributed by atoms with van der Waals surface area (Å²) in [4.78, 5) is 2.41. The summed E-state index contributed by atoms with van der Waals surface area (Å²) < 4.78 is 1.59. The molecule has 0 aliphatic carbocycles. The SMILES string of the molecule is C1=CC[As]2C=CC=CC2=C1. The quantitative estimate of drug-likeness (QED) is 0.516. The molecule has 50 valence electrons. The van der Waals surface area contributed by atoms with Gasteiger partial charge < -0.3 is 0 Å². The van der Waals surface area contributed by atoms with Crippen molar-refractivity contribution < 1.29 is 0 Å². The molecule has 0 aromatic heterocycles. The summed E-state index contributed by atoms with van der Waals surface area (Å²) >= 11 is -0.691. The van der Waals surface area contributed by atoms with Crippen LogP contribution in [-0.2, 0) is 0 Å². The molecule has 0 saturated carbocycles. The molecule has 0 amide bonds. The van der Waals surface area contributed by atoms with Gasteiger partial charge in [0.2, 0.25) is 0 Å². The average Bonchev–Trinajstić information content (AvgIpc) is 2.05. The number of hydrogen-bond donors (Lipinski definition) is 0. The van der Waals surface area contributed by atoms with Gasteiger partial charge >= 0.3 is 65.5 Å². The van der Waals surface area contributed by atoms with Crippen LogP contribution in [0.5, 0.6) is 0 Å². The molecule has 1 atom stereocenters. The molecule has 0 spiro atoms. The van der Waals surface area contributed by atoms with E-state index in [-0.39, 0.29) is 0 Å². The minimum absolute atomic E-state index is 0.691. The zero-order valence-electron chi connectivity index (χ0n) is 5.70. The summed E-state index contributed by atoms with van der Waals surface area (Å²) in [5.74, 6) is 0. The number of allylic oxidation sites excluding steroid dienone is 7. The van der Waals surface area contributed by atoms with E-state index in [0.717, 1.165) is 0 Å². The van der Waals surface area contributed by atoms with Crippen molar-refractivity contribution in [3.05, 3.63) is 45.7 Å². The van der Waals surface area contributed by atoms with Gasteiger partial charge in [-0.05, 0) is 0 Å². The van der Waals surface area contributed by atoms with E-state index in [1.807, 2.05) is 0 Å². The Bertz CT molecular complexity index is 243. The molecule has 0 nitrogen and oxygen atoms in total. The topological polar surface area (TPSA) is 0 Å². The van der Waals surface area contributed by atoms with E-state index in [4.69, 9.17) is 0 Å². The van der Waals surface area contributed by atoms with Crippen LogP contribution in [0.25, 0.3) is 0 Å².